The molecule has 2 heterocycles. The zero-order valence-electron chi connectivity index (χ0n) is 13.2. The van der Waals surface area contributed by atoms with Crippen molar-refractivity contribution in [1.82, 2.24) is 15.2 Å². The second-order valence-corrected chi connectivity index (χ2v) is 5.57. The summed E-state index contributed by atoms with van der Waals surface area (Å²) in [7, 11) is 0. The number of nitrogens with one attached hydrogen (secondary N) is 1. The number of rotatable bonds is 6. The van der Waals surface area contributed by atoms with Crippen molar-refractivity contribution in [1.29, 1.82) is 0 Å². The lowest BCUT2D eigenvalue weighted by Crippen LogP contribution is -2.45. The monoisotopic (exact) mass is 325 g/mol. The maximum absolute atomic E-state index is 12.4. The van der Waals surface area contributed by atoms with E-state index in [0.29, 0.717) is 19.5 Å². The molecule has 124 valence electrons. The van der Waals surface area contributed by atoms with Crippen molar-refractivity contribution in [2.24, 2.45) is 0 Å². The number of pyridine rings is 1. The van der Waals surface area contributed by atoms with Crippen LogP contribution in [-0.2, 0) is 22.5 Å². The summed E-state index contributed by atoms with van der Waals surface area (Å²) in [5.41, 5.74) is 1.88. The average molecular weight is 325 g/mol. The summed E-state index contributed by atoms with van der Waals surface area (Å²) >= 11 is 0. The Balaban J connectivity index is 1.55. The largest absolute Gasteiger partial charge is 0.447 e. The van der Waals surface area contributed by atoms with Gasteiger partial charge in [0.15, 0.2) is 0 Å². The molecule has 0 bridgehead atoms. The Morgan fingerprint density at radius 3 is 2.75 bits per heavy atom. The first-order valence-electron chi connectivity index (χ1n) is 7.89. The Hall–Kier alpha value is -2.89. The molecular formula is C18H19N3O3. The molecule has 0 spiro atoms. The number of hydrogen-bond acceptors (Lipinski definition) is 4. The summed E-state index contributed by atoms with van der Waals surface area (Å²) in [5, 5.41) is 2.86. The van der Waals surface area contributed by atoms with E-state index in [9.17, 15) is 9.59 Å². The molecule has 0 aliphatic carbocycles. The van der Waals surface area contributed by atoms with E-state index in [2.05, 4.69) is 10.3 Å². The number of amides is 2. The highest BCUT2D eigenvalue weighted by molar-refractivity contribution is 5.87. The van der Waals surface area contributed by atoms with Gasteiger partial charge in [0, 0.05) is 24.9 Å². The van der Waals surface area contributed by atoms with Crippen molar-refractivity contribution < 1.29 is 14.3 Å². The molecule has 24 heavy (non-hydrogen) atoms. The molecular weight excluding hydrogens is 306 g/mol. The summed E-state index contributed by atoms with van der Waals surface area (Å²) < 4.78 is 5.05. The van der Waals surface area contributed by atoms with E-state index in [1.807, 2.05) is 48.5 Å². The molecule has 1 saturated heterocycles. The van der Waals surface area contributed by atoms with Crippen molar-refractivity contribution in [2.45, 2.75) is 19.0 Å². The van der Waals surface area contributed by atoms with Crippen LogP contribution in [-0.4, -0.2) is 41.1 Å². The molecule has 1 fully saturated rings. The summed E-state index contributed by atoms with van der Waals surface area (Å²) in [6, 6.07) is 14.6. The van der Waals surface area contributed by atoms with Crippen LogP contribution in [0.2, 0.25) is 0 Å². The Morgan fingerprint density at radius 2 is 2.00 bits per heavy atom. The molecule has 0 radical (unpaired) electrons. The molecule has 1 atom stereocenters. The van der Waals surface area contributed by atoms with Gasteiger partial charge in [-0.1, -0.05) is 36.4 Å². The standard InChI is InChI=1S/C18H19N3O3/c22-17(20-11-9-15-8-4-5-10-19-15)16-13-24-18(23)21(16)12-14-6-2-1-3-7-14/h1-8,10,16H,9,11-13H2,(H,20,22)/t16-/m0/s1. The smallest absolute Gasteiger partial charge is 0.410 e. The lowest BCUT2D eigenvalue weighted by atomic mass is 10.2. The van der Waals surface area contributed by atoms with Gasteiger partial charge in [0.1, 0.15) is 12.6 Å². The number of hydrogen-bond donors (Lipinski definition) is 1. The first kappa shape index (κ1) is 16.0. The Labute approximate surface area is 140 Å². The molecule has 2 amide bonds. The van der Waals surface area contributed by atoms with E-state index in [0.717, 1.165) is 11.3 Å². The minimum Gasteiger partial charge on any atom is -0.447 e. The molecule has 1 N–H and O–H groups in total. The topological polar surface area (TPSA) is 71.5 Å². The first-order valence-corrected chi connectivity index (χ1v) is 7.89. The van der Waals surface area contributed by atoms with Gasteiger partial charge in [0.05, 0.1) is 6.54 Å². The zero-order valence-corrected chi connectivity index (χ0v) is 13.2. The molecule has 6 heteroatoms. The van der Waals surface area contributed by atoms with Gasteiger partial charge in [-0.15, -0.1) is 0 Å². The Morgan fingerprint density at radius 1 is 1.21 bits per heavy atom. The number of aromatic nitrogens is 1. The van der Waals surface area contributed by atoms with Crippen molar-refractivity contribution in [2.75, 3.05) is 13.2 Å². The van der Waals surface area contributed by atoms with E-state index in [1.54, 1.807) is 6.20 Å². The molecule has 1 aromatic carbocycles. The summed E-state index contributed by atoms with van der Waals surface area (Å²) in [6.07, 6.45) is 1.92. The van der Waals surface area contributed by atoms with Gasteiger partial charge in [-0.25, -0.2) is 4.79 Å². The third-order valence-corrected chi connectivity index (χ3v) is 3.88. The number of cyclic esters (lactones) is 1. The summed E-state index contributed by atoms with van der Waals surface area (Å²) in [5.74, 6) is -0.201. The highest BCUT2D eigenvalue weighted by Gasteiger charge is 2.37. The van der Waals surface area contributed by atoms with Crippen LogP contribution in [0.15, 0.2) is 54.7 Å². The number of carbonyl (C=O) groups excluding carboxylic acids is 2. The maximum Gasteiger partial charge on any atom is 0.410 e. The maximum atomic E-state index is 12.4. The van der Waals surface area contributed by atoms with Crippen molar-refractivity contribution in [3.05, 3.63) is 66.0 Å². The number of carbonyl (C=O) groups is 2. The average Bonchev–Trinajstić information content (AvgIpc) is 2.97. The van der Waals surface area contributed by atoms with Crippen LogP contribution in [0.1, 0.15) is 11.3 Å². The molecule has 6 nitrogen and oxygen atoms in total. The minimum absolute atomic E-state index is 0.0844. The number of benzene rings is 1. The van der Waals surface area contributed by atoms with Crippen LogP contribution < -0.4 is 5.32 Å². The van der Waals surface area contributed by atoms with E-state index in [-0.39, 0.29) is 12.5 Å². The van der Waals surface area contributed by atoms with E-state index in [1.165, 1.54) is 4.90 Å². The highest BCUT2D eigenvalue weighted by Crippen LogP contribution is 2.16. The van der Waals surface area contributed by atoms with Crippen LogP contribution in [0.4, 0.5) is 4.79 Å². The van der Waals surface area contributed by atoms with Gasteiger partial charge in [0.25, 0.3) is 0 Å². The van der Waals surface area contributed by atoms with Crippen LogP contribution in [0.25, 0.3) is 0 Å². The SMILES string of the molecule is O=C(NCCc1ccccn1)[C@@H]1COC(=O)N1Cc1ccccc1. The normalized spacial score (nSPS) is 16.8. The van der Waals surface area contributed by atoms with Crippen molar-refractivity contribution in [3.63, 3.8) is 0 Å². The Kier molecular flexibility index (Phi) is 5.05. The molecule has 2 aromatic rings. The van der Waals surface area contributed by atoms with Crippen LogP contribution in [0, 0.1) is 0 Å². The van der Waals surface area contributed by atoms with Gasteiger partial charge >= 0.3 is 6.09 Å². The van der Waals surface area contributed by atoms with E-state index in [4.69, 9.17) is 4.74 Å². The number of ether oxygens (including phenoxy) is 1. The molecule has 0 saturated carbocycles. The van der Waals surface area contributed by atoms with E-state index >= 15 is 0 Å². The summed E-state index contributed by atoms with van der Waals surface area (Å²) in [6.45, 7) is 0.915. The molecule has 1 aliphatic heterocycles. The van der Waals surface area contributed by atoms with E-state index < -0.39 is 12.1 Å². The highest BCUT2D eigenvalue weighted by atomic mass is 16.6. The van der Waals surface area contributed by atoms with Crippen LogP contribution in [0.5, 0.6) is 0 Å². The zero-order chi connectivity index (χ0) is 16.8. The molecule has 3 rings (SSSR count). The molecule has 0 unspecified atom stereocenters. The van der Waals surface area contributed by atoms with Crippen LogP contribution >= 0.6 is 0 Å². The fraction of sp³-hybridized carbons (Fsp3) is 0.278. The predicted octanol–water partition coefficient (Wildman–Crippen LogP) is 1.76. The number of nitrogens with zero attached hydrogens (tertiary/aromatic N) is 2. The minimum atomic E-state index is -0.596. The molecule has 1 aliphatic rings. The van der Waals surface area contributed by atoms with Gasteiger partial charge < -0.3 is 10.1 Å². The van der Waals surface area contributed by atoms with Crippen molar-refractivity contribution in [3.8, 4) is 0 Å². The fourth-order valence-electron chi connectivity index (χ4n) is 2.60. The van der Waals surface area contributed by atoms with Gasteiger partial charge in [-0.3, -0.25) is 14.7 Å². The second kappa shape index (κ2) is 7.59. The summed E-state index contributed by atoms with van der Waals surface area (Å²) in [4.78, 5) is 30.0. The first-order chi connectivity index (χ1) is 11.7. The second-order valence-electron chi connectivity index (χ2n) is 5.57. The quantitative estimate of drug-likeness (QED) is 0.878. The fourth-order valence-corrected chi connectivity index (χ4v) is 2.60. The van der Waals surface area contributed by atoms with Gasteiger partial charge in [-0.2, -0.15) is 0 Å². The lowest BCUT2D eigenvalue weighted by Gasteiger charge is -2.20. The predicted molar refractivity (Wildman–Crippen MR) is 88.1 cm³/mol. The third-order valence-electron chi connectivity index (χ3n) is 3.88. The van der Waals surface area contributed by atoms with Gasteiger partial charge in [-0.05, 0) is 17.7 Å². The van der Waals surface area contributed by atoms with Crippen LogP contribution in [0.3, 0.4) is 0 Å². The lowest BCUT2D eigenvalue weighted by molar-refractivity contribution is -0.124. The van der Waals surface area contributed by atoms with Gasteiger partial charge in [0.2, 0.25) is 5.91 Å². The molecule has 1 aromatic heterocycles. The Bertz CT molecular complexity index is 691. The van der Waals surface area contributed by atoms with Crippen molar-refractivity contribution >= 4 is 12.0 Å². The third kappa shape index (κ3) is 3.90.